The van der Waals surface area contributed by atoms with Gasteiger partial charge in [-0.25, -0.2) is 0 Å². The van der Waals surface area contributed by atoms with E-state index in [1.807, 2.05) is 23.9 Å². The van der Waals surface area contributed by atoms with Gasteiger partial charge in [0.05, 0.1) is 7.11 Å². The Kier molecular flexibility index (Phi) is 4.54. The van der Waals surface area contributed by atoms with Crippen LogP contribution in [0, 0.1) is 0 Å². The van der Waals surface area contributed by atoms with E-state index in [1.165, 1.54) is 39.3 Å². The summed E-state index contributed by atoms with van der Waals surface area (Å²) in [7, 11) is 1.70. The van der Waals surface area contributed by atoms with Crippen LogP contribution in [0.25, 0.3) is 11.6 Å². The smallest absolute Gasteiger partial charge is 0.118 e. The van der Waals surface area contributed by atoms with Crippen LogP contribution in [0.2, 0.25) is 0 Å². The van der Waals surface area contributed by atoms with E-state index in [2.05, 4.69) is 57.2 Å². The molecule has 0 aliphatic carbocycles. The van der Waals surface area contributed by atoms with Gasteiger partial charge in [0, 0.05) is 4.90 Å². The van der Waals surface area contributed by atoms with Crippen LogP contribution in [0.1, 0.15) is 43.9 Å². The summed E-state index contributed by atoms with van der Waals surface area (Å²) < 4.78 is 5.22. The Morgan fingerprint density at radius 1 is 1.13 bits per heavy atom. The lowest BCUT2D eigenvalue weighted by Crippen LogP contribution is -2.22. The number of hydrogen-bond acceptors (Lipinski definition) is 2. The molecular formula is C21H24OS. The van der Waals surface area contributed by atoms with Crippen LogP contribution in [-0.2, 0) is 5.41 Å². The SMILES string of the molecule is COc1ccc(/C=C(\C)c2ccc3c(c2)C(C)(C)CCS3)cc1. The van der Waals surface area contributed by atoms with Crippen LogP contribution in [0.4, 0.5) is 0 Å². The summed E-state index contributed by atoms with van der Waals surface area (Å²) in [4.78, 5) is 1.45. The van der Waals surface area contributed by atoms with Crippen molar-refractivity contribution in [3.8, 4) is 5.75 Å². The summed E-state index contributed by atoms with van der Waals surface area (Å²) in [5.41, 5.74) is 5.58. The lowest BCUT2D eigenvalue weighted by molar-refractivity contribution is 0.415. The highest BCUT2D eigenvalue weighted by molar-refractivity contribution is 7.99. The van der Waals surface area contributed by atoms with E-state index >= 15 is 0 Å². The van der Waals surface area contributed by atoms with Gasteiger partial charge in [-0.3, -0.25) is 0 Å². The fraction of sp³-hybridized carbons (Fsp3) is 0.333. The summed E-state index contributed by atoms with van der Waals surface area (Å²) in [5.74, 6) is 2.12. The number of benzene rings is 2. The van der Waals surface area contributed by atoms with Gasteiger partial charge in [-0.1, -0.05) is 38.1 Å². The average Bonchev–Trinajstić information content (AvgIpc) is 2.55. The maximum absolute atomic E-state index is 5.22. The zero-order valence-electron chi connectivity index (χ0n) is 14.3. The number of thioether (sulfide) groups is 1. The standard InChI is InChI=1S/C21H24OS/c1-15(13-16-5-8-18(22-4)9-6-16)17-7-10-20-19(14-17)21(2,3)11-12-23-20/h5-10,13-14H,11-12H2,1-4H3/b15-13+. The monoisotopic (exact) mass is 324 g/mol. The van der Waals surface area contributed by atoms with Crippen LogP contribution >= 0.6 is 11.8 Å². The van der Waals surface area contributed by atoms with Gasteiger partial charge >= 0.3 is 0 Å². The van der Waals surface area contributed by atoms with E-state index in [4.69, 9.17) is 4.74 Å². The number of allylic oxidation sites excluding steroid dienone is 1. The molecule has 3 rings (SSSR count). The highest BCUT2D eigenvalue weighted by Gasteiger charge is 2.27. The van der Waals surface area contributed by atoms with E-state index in [-0.39, 0.29) is 5.41 Å². The molecule has 2 aromatic rings. The van der Waals surface area contributed by atoms with Crippen molar-refractivity contribution in [2.24, 2.45) is 0 Å². The Bertz CT molecular complexity index is 726. The van der Waals surface area contributed by atoms with E-state index in [1.54, 1.807) is 7.11 Å². The minimum absolute atomic E-state index is 0.275. The topological polar surface area (TPSA) is 9.23 Å². The normalized spacial score (nSPS) is 16.8. The van der Waals surface area contributed by atoms with E-state index in [0.29, 0.717) is 0 Å². The highest BCUT2D eigenvalue weighted by Crippen LogP contribution is 2.42. The number of ether oxygens (including phenoxy) is 1. The Hall–Kier alpha value is -1.67. The Morgan fingerprint density at radius 2 is 1.87 bits per heavy atom. The fourth-order valence-electron chi connectivity index (χ4n) is 3.01. The third-order valence-electron chi connectivity index (χ3n) is 4.65. The molecule has 0 atom stereocenters. The van der Waals surface area contributed by atoms with Gasteiger partial charge < -0.3 is 4.74 Å². The van der Waals surface area contributed by atoms with Crippen LogP contribution in [-0.4, -0.2) is 12.9 Å². The third kappa shape index (κ3) is 3.48. The second-order valence-electron chi connectivity index (χ2n) is 6.79. The zero-order chi connectivity index (χ0) is 16.4. The predicted molar refractivity (Wildman–Crippen MR) is 101 cm³/mol. The molecule has 0 N–H and O–H groups in total. The summed E-state index contributed by atoms with van der Waals surface area (Å²) in [6.07, 6.45) is 3.49. The molecule has 2 heteroatoms. The van der Waals surface area contributed by atoms with Crippen LogP contribution in [0.15, 0.2) is 47.4 Å². The third-order valence-corrected chi connectivity index (χ3v) is 5.72. The number of rotatable bonds is 3. The van der Waals surface area contributed by atoms with Gasteiger partial charge in [-0.2, -0.15) is 0 Å². The average molecular weight is 324 g/mol. The second kappa shape index (κ2) is 6.45. The molecule has 0 spiro atoms. The summed E-state index contributed by atoms with van der Waals surface area (Å²) in [5, 5.41) is 0. The fourth-order valence-corrected chi connectivity index (χ4v) is 4.50. The first-order valence-corrected chi connectivity index (χ1v) is 9.08. The zero-order valence-corrected chi connectivity index (χ0v) is 15.2. The number of hydrogen-bond donors (Lipinski definition) is 0. The molecule has 120 valence electrons. The quantitative estimate of drug-likeness (QED) is 0.638. The van der Waals surface area contributed by atoms with E-state index in [0.717, 1.165) is 5.75 Å². The molecule has 1 nitrogen and oxygen atoms in total. The van der Waals surface area contributed by atoms with E-state index in [9.17, 15) is 0 Å². The summed E-state index contributed by atoms with van der Waals surface area (Å²) >= 11 is 1.99. The molecule has 0 fully saturated rings. The molecule has 0 unspecified atom stereocenters. The van der Waals surface area contributed by atoms with Crippen molar-refractivity contribution < 1.29 is 4.74 Å². The van der Waals surface area contributed by atoms with Crippen molar-refractivity contribution in [1.82, 2.24) is 0 Å². The maximum atomic E-state index is 5.22. The summed E-state index contributed by atoms with van der Waals surface area (Å²) in [6, 6.07) is 15.1. The lowest BCUT2D eigenvalue weighted by Gasteiger charge is -2.32. The number of methoxy groups -OCH3 is 1. The van der Waals surface area contributed by atoms with E-state index < -0.39 is 0 Å². The summed E-state index contributed by atoms with van der Waals surface area (Å²) in [6.45, 7) is 6.91. The molecule has 1 aliphatic rings. The van der Waals surface area contributed by atoms with Crippen molar-refractivity contribution in [2.75, 3.05) is 12.9 Å². The predicted octanol–water partition coefficient (Wildman–Crippen LogP) is 6.03. The van der Waals surface area contributed by atoms with Gasteiger partial charge in [0.15, 0.2) is 0 Å². The van der Waals surface area contributed by atoms with Crippen LogP contribution < -0.4 is 4.74 Å². The molecule has 1 aliphatic heterocycles. The molecular weight excluding hydrogens is 300 g/mol. The van der Waals surface area contributed by atoms with Crippen molar-refractivity contribution in [2.45, 2.75) is 37.5 Å². The maximum Gasteiger partial charge on any atom is 0.118 e. The molecule has 2 aromatic carbocycles. The first-order chi connectivity index (χ1) is 11.0. The molecule has 0 aromatic heterocycles. The molecule has 0 radical (unpaired) electrons. The lowest BCUT2D eigenvalue weighted by atomic mass is 9.80. The van der Waals surface area contributed by atoms with Crippen LogP contribution in [0.3, 0.4) is 0 Å². The Morgan fingerprint density at radius 3 is 2.57 bits per heavy atom. The molecule has 0 amide bonds. The van der Waals surface area contributed by atoms with Gasteiger partial charge in [-0.05, 0) is 71.0 Å². The molecule has 23 heavy (non-hydrogen) atoms. The highest BCUT2D eigenvalue weighted by atomic mass is 32.2. The first kappa shape index (κ1) is 16.2. The van der Waals surface area contributed by atoms with Crippen molar-refractivity contribution in [1.29, 1.82) is 0 Å². The van der Waals surface area contributed by atoms with Gasteiger partial charge in [0.1, 0.15) is 5.75 Å². The van der Waals surface area contributed by atoms with Crippen molar-refractivity contribution in [3.05, 3.63) is 59.2 Å². The number of fused-ring (bicyclic) bond motifs is 1. The molecule has 1 heterocycles. The van der Waals surface area contributed by atoms with Gasteiger partial charge in [-0.15, -0.1) is 11.8 Å². The van der Waals surface area contributed by atoms with Crippen molar-refractivity contribution in [3.63, 3.8) is 0 Å². The van der Waals surface area contributed by atoms with Gasteiger partial charge in [0.2, 0.25) is 0 Å². The molecule has 0 saturated carbocycles. The minimum Gasteiger partial charge on any atom is -0.497 e. The molecule has 0 saturated heterocycles. The Labute approximate surface area is 143 Å². The van der Waals surface area contributed by atoms with Crippen LogP contribution in [0.5, 0.6) is 5.75 Å². The second-order valence-corrected chi connectivity index (χ2v) is 7.93. The Balaban J connectivity index is 1.93. The largest absolute Gasteiger partial charge is 0.497 e. The van der Waals surface area contributed by atoms with Crippen molar-refractivity contribution >= 4 is 23.4 Å². The first-order valence-electron chi connectivity index (χ1n) is 8.10. The van der Waals surface area contributed by atoms with Gasteiger partial charge in [0.25, 0.3) is 0 Å². The minimum atomic E-state index is 0.275. The molecule has 0 bridgehead atoms.